The third kappa shape index (κ3) is 4.65. The summed E-state index contributed by atoms with van der Waals surface area (Å²) in [4.78, 5) is 18.0. The molecule has 0 aromatic carbocycles. The van der Waals surface area contributed by atoms with Crippen LogP contribution in [0.15, 0.2) is 11.6 Å². The van der Waals surface area contributed by atoms with Crippen LogP contribution < -0.4 is 5.32 Å². The lowest BCUT2D eigenvalue weighted by molar-refractivity contribution is 0.0933. The molecule has 2 rings (SSSR count). The number of nitrogens with one attached hydrogen (secondary N) is 1. The van der Waals surface area contributed by atoms with Crippen molar-refractivity contribution in [3.63, 3.8) is 0 Å². The standard InChI is InChI=1S/C12H19N3OS.ClH/c1-15(8-10-3-2-4-13-7-10)9-11(16)12-14-5-6-17-12;/h5-6,10,13H,2-4,7-9H2,1H3;1H. The van der Waals surface area contributed by atoms with Crippen LogP contribution in [0, 0.1) is 5.92 Å². The molecular weight excluding hydrogens is 270 g/mol. The molecule has 1 aromatic rings. The topological polar surface area (TPSA) is 45.2 Å². The minimum Gasteiger partial charge on any atom is -0.316 e. The van der Waals surface area contributed by atoms with Gasteiger partial charge in [0, 0.05) is 18.1 Å². The van der Waals surface area contributed by atoms with Crippen LogP contribution in [-0.4, -0.2) is 48.9 Å². The minimum absolute atomic E-state index is 0. The largest absolute Gasteiger partial charge is 0.316 e. The second kappa shape index (κ2) is 7.84. The van der Waals surface area contributed by atoms with Gasteiger partial charge < -0.3 is 5.32 Å². The van der Waals surface area contributed by atoms with Crippen molar-refractivity contribution < 1.29 is 4.79 Å². The summed E-state index contributed by atoms with van der Waals surface area (Å²) in [5.74, 6) is 0.809. The van der Waals surface area contributed by atoms with Gasteiger partial charge in [-0.25, -0.2) is 4.98 Å². The molecule has 1 aromatic heterocycles. The highest BCUT2D eigenvalue weighted by Crippen LogP contribution is 2.12. The first-order chi connectivity index (χ1) is 8.25. The van der Waals surface area contributed by atoms with Crippen LogP contribution in [0.3, 0.4) is 0 Å². The third-order valence-corrected chi connectivity index (χ3v) is 3.87. The number of ketones is 1. The molecule has 102 valence electrons. The van der Waals surface area contributed by atoms with E-state index in [1.807, 2.05) is 12.4 Å². The number of aromatic nitrogens is 1. The molecule has 4 nitrogen and oxygen atoms in total. The lowest BCUT2D eigenvalue weighted by atomic mass is 9.99. The molecule has 6 heteroatoms. The van der Waals surface area contributed by atoms with Gasteiger partial charge >= 0.3 is 0 Å². The van der Waals surface area contributed by atoms with Crippen molar-refractivity contribution in [2.45, 2.75) is 12.8 Å². The zero-order valence-corrected chi connectivity index (χ0v) is 12.2. The van der Waals surface area contributed by atoms with E-state index in [0.29, 0.717) is 17.5 Å². The first-order valence-corrected chi connectivity index (χ1v) is 6.95. The van der Waals surface area contributed by atoms with Crippen LogP contribution in [0.4, 0.5) is 0 Å². The van der Waals surface area contributed by atoms with Gasteiger partial charge in [-0.15, -0.1) is 23.7 Å². The van der Waals surface area contributed by atoms with E-state index in [-0.39, 0.29) is 18.2 Å². The molecule has 0 amide bonds. The number of hydrogen-bond acceptors (Lipinski definition) is 5. The smallest absolute Gasteiger partial charge is 0.205 e. The molecule has 1 unspecified atom stereocenters. The number of nitrogens with zero attached hydrogens (tertiary/aromatic N) is 2. The first kappa shape index (κ1) is 15.6. The van der Waals surface area contributed by atoms with Gasteiger partial charge in [-0.3, -0.25) is 9.69 Å². The maximum absolute atomic E-state index is 11.8. The van der Waals surface area contributed by atoms with Crippen LogP contribution in [0.25, 0.3) is 0 Å². The van der Waals surface area contributed by atoms with Crippen LogP contribution in [0.5, 0.6) is 0 Å². The molecular formula is C12H20ClN3OS. The lowest BCUT2D eigenvalue weighted by Crippen LogP contribution is -2.38. The molecule has 2 heterocycles. The summed E-state index contributed by atoms with van der Waals surface area (Å²) in [6, 6.07) is 0. The molecule has 1 aliphatic rings. The number of thiazole rings is 1. The summed E-state index contributed by atoms with van der Waals surface area (Å²) in [5, 5.41) is 5.87. The Bertz CT molecular complexity index is 352. The Morgan fingerprint density at radius 2 is 2.50 bits per heavy atom. The van der Waals surface area contributed by atoms with Crippen molar-refractivity contribution in [3.05, 3.63) is 16.6 Å². The summed E-state index contributed by atoms with van der Waals surface area (Å²) < 4.78 is 0. The molecule has 0 radical (unpaired) electrons. The quantitative estimate of drug-likeness (QED) is 0.838. The second-order valence-corrected chi connectivity index (χ2v) is 5.56. The fourth-order valence-corrected chi connectivity index (χ4v) is 2.83. The van der Waals surface area contributed by atoms with E-state index in [1.165, 1.54) is 24.2 Å². The summed E-state index contributed by atoms with van der Waals surface area (Å²) in [5.41, 5.74) is 0. The Morgan fingerprint density at radius 3 is 3.11 bits per heavy atom. The molecule has 1 N–H and O–H groups in total. The number of piperidine rings is 1. The van der Waals surface area contributed by atoms with Crippen LogP contribution in [-0.2, 0) is 0 Å². The van der Waals surface area contributed by atoms with Gasteiger partial charge in [0.15, 0.2) is 5.01 Å². The van der Waals surface area contributed by atoms with Crippen LogP contribution in [0.2, 0.25) is 0 Å². The number of rotatable bonds is 5. The third-order valence-electron chi connectivity index (χ3n) is 3.05. The first-order valence-electron chi connectivity index (χ1n) is 6.07. The molecule has 0 bridgehead atoms. The highest BCUT2D eigenvalue weighted by Gasteiger charge is 2.17. The number of carbonyl (C=O) groups is 1. The van der Waals surface area contributed by atoms with Crippen molar-refractivity contribution in [1.29, 1.82) is 0 Å². The number of Topliss-reactive ketones (excluding diaryl/α,β-unsaturated/α-hetero) is 1. The normalized spacial score (nSPS) is 19.6. The Labute approximate surface area is 118 Å². The molecule has 1 fully saturated rings. The molecule has 1 aliphatic heterocycles. The van der Waals surface area contributed by atoms with Crippen molar-refractivity contribution in [1.82, 2.24) is 15.2 Å². The maximum atomic E-state index is 11.8. The number of hydrogen-bond donors (Lipinski definition) is 1. The maximum Gasteiger partial charge on any atom is 0.205 e. The highest BCUT2D eigenvalue weighted by atomic mass is 35.5. The van der Waals surface area contributed by atoms with Crippen molar-refractivity contribution in [2.75, 3.05) is 33.2 Å². The average molecular weight is 290 g/mol. The zero-order valence-electron chi connectivity index (χ0n) is 10.6. The zero-order chi connectivity index (χ0) is 12.1. The van der Waals surface area contributed by atoms with E-state index < -0.39 is 0 Å². The lowest BCUT2D eigenvalue weighted by Gasteiger charge is -2.27. The van der Waals surface area contributed by atoms with E-state index in [1.54, 1.807) is 6.20 Å². The van der Waals surface area contributed by atoms with Gasteiger partial charge in [0.25, 0.3) is 0 Å². The Hall–Kier alpha value is -0.490. The molecule has 0 saturated carbocycles. The van der Waals surface area contributed by atoms with Crippen LogP contribution in [0.1, 0.15) is 22.6 Å². The predicted molar refractivity (Wildman–Crippen MR) is 76.8 cm³/mol. The summed E-state index contributed by atoms with van der Waals surface area (Å²) in [6.45, 7) is 3.68. The van der Waals surface area contributed by atoms with Crippen molar-refractivity contribution >= 4 is 29.5 Å². The average Bonchev–Trinajstić information content (AvgIpc) is 2.83. The Kier molecular flexibility index (Phi) is 6.78. The number of carbonyl (C=O) groups excluding carboxylic acids is 1. The summed E-state index contributed by atoms with van der Waals surface area (Å²) in [6.07, 6.45) is 4.20. The molecule has 0 aliphatic carbocycles. The van der Waals surface area contributed by atoms with E-state index >= 15 is 0 Å². The van der Waals surface area contributed by atoms with Gasteiger partial charge in [-0.05, 0) is 38.9 Å². The van der Waals surface area contributed by atoms with Gasteiger partial charge in [-0.1, -0.05) is 0 Å². The van der Waals surface area contributed by atoms with Crippen molar-refractivity contribution in [3.8, 4) is 0 Å². The van der Waals surface area contributed by atoms with Gasteiger partial charge in [-0.2, -0.15) is 0 Å². The fourth-order valence-electron chi connectivity index (χ4n) is 2.26. The van der Waals surface area contributed by atoms with Gasteiger partial charge in [0.1, 0.15) is 0 Å². The van der Waals surface area contributed by atoms with E-state index in [9.17, 15) is 4.79 Å². The Balaban J connectivity index is 0.00000162. The molecule has 1 atom stereocenters. The molecule has 18 heavy (non-hydrogen) atoms. The number of likely N-dealkylation sites (N-methyl/N-ethyl adjacent to an activating group) is 1. The summed E-state index contributed by atoms with van der Waals surface area (Å²) >= 11 is 1.42. The number of halogens is 1. The SMILES string of the molecule is CN(CC(=O)c1nccs1)CC1CCCNC1.Cl. The van der Waals surface area contributed by atoms with E-state index in [0.717, 1.165) is 19.6 Å². The van der Waals surface area contributed by atoms with E-state index in [4.69, 9.17) is 0 Å². The highest BCUT2D eigenvalue weighted by molar-refractivity contribution is 7.11. The predicted octanol–water partition coefficient (Wildman–Crippen LogP) is 1.68. The second-order valence-electron chi connectivity index (χ2n) is 4.67. The molecule has 1 saturated heterocycles. The van der Waals surface area contributed by atoms with Crippen molar-refractivity contribution in [2.24, 2.45) is 5.92 Å². The monoisotopic (exact) mass is 289 g/mol. The Morgan fingerprint density at radius 1 is 1.67 bits per heavy atom. The molecule has 0 spiro atoms. The fraction of sp³-hybridized carbons (Fsp3) is 0.667. The summed E-state index contributed by atoms with van der Waals surface area (Å²) in [7, 11) is 2.01. The van der Waals surface area contributed by atoms with Gasteiger partial charge in [0.2, 0.25) is 5.78 Å². The van der Waals surface area contributed by atoms with E-state index in [2.05, 4.69) is 15.2 Å². The minimum atomic E-state index is 0. The van der Waals surface area contributed by atoms with Gasteiger partial charge in [0.05, 0.1) is 6.54 Å². The van der Waals surface area contributed by atoms with Crippen LogP contribution >= 0.6 is 23.7 Å².